The molecule has 1 atom stereocenters. The molecule has 148 valence electrons. The van der Waals surface area contributed by atoms with Crippen molar-refractivity contribution in [2.75, 3.05) is 0 Å². The number of thiophene rings is 1. The van der Waals surface area contributed by atoms with E-state index >= 15 is 0 Å². The summed E-state index contributed by atoms with van der Waals surface area (Å²) >= 11 is 1.32. The normalized spacial score (nSPS) is 12.3. The van der Waals surface area contributed by atoms with Crippen molar-refractivity contribution in [2.45, 2.75) is 26.8 Å². The van der Waals surface area contributed by atoms with Gasteiger partial charge in [0, 0.05) is 36.1 Å². The summed E-state index contributed by atoms with van der Waals surface area (Å²) in [7, 11) is 1.81. The second-order valence-electron chi connectivity index (χ2n) is 6.92. The Morgan fingerprint density at radius 2 is 1.97 bits per heavy atom. The van der Waals surface area contributed by atoms with Gasteiger partial charge in [-0.2, -0.15) is 0 Å². The lowest BCUT2D eigenvalue weighted by Crippen LogP contribution is -2.31. The maximum Gasteiger partial charge on any atom is 0.262 e. The third-order valence-corrected chi connectivity index (χ3v) is 6.08. The van der Waals surface area contributed by atoms with Gasteiger partial charge in [0.25, 0.3) is 5.91 Å². The molecule has 0 saturated carbocycles. The summed E-state index contributed by atoms with van der Waals surface area (Å²) in [5.41, 5.74) is 2.03. The highest BCUT2D eigenvalue weighted by molar-refractivity contribution is 7.20. The lowest BCUT2D eigenvalue weighted by molar-refractivity contribution is 0.0944. The van der Waals surface area contributed by atoms with Gasteiger partial charge in [-0.25, -0.2) is 19.3 Å². The minimum Gasteiger partial charge on any atom is -0.337 e. The lowest BCUT2D eigenvalue weighted by atomic mass is 10.0. The monoisotopic (exact) mass is 409 g/mol. The van der Waals surface area contributed by atoms with Gasteiger partial charge in [0.05, 0.1) is 4.88 Å². The van der Waals surface area contributed by atoms with Crippen LogP contribution in [-0.2, 0) is 7.05 Å². The first-order valence-electron chi connectivity index (χ1n) is 9.13. The zero-order chi connectivity index (χ0) is 20.7. The number of aromatic nitrogens is 4. The van der Waals surface area contributed by atoms with E-state index < -0.39 is 11.9 Å². The van der Waals surface area contributed by atoms with Crippen molar-refractivity contribution in [3.63, 3.8) is 0 Å². The zero-order valence-corrected chi connectivity index (χ0v) is 17.3. The molecule has 0 aliphatic carbocycles. The minimum absolute atomic E-state index is 0.293. The Morgan fingerprint density at radius 1 is 1.21 bits per heavy atom. The van der Waals surface area contributed by atoms with Crippen LogP contribution in [0.1, 0.15) is 44.2 Å². The van der Waals surface area contributed by atoms with E-state index in [-0.39, 0.29) is 5.91 Å². The fourth-order valence-electron chi connectivity index (χ4n) is 3.53. The summed E-state index contributed by atoms with van der Waals surface area (Å²) in [6.07, 6.45) is 3.39. The van der Waals surface area contributed by atoms with Gasteiger partial charge in [0.2, 0.25) is 0 Å². The minimum atomic E-state index is -0.720. The summed E-state index contributed by atoms with van der Waals surface area (Å²) in [4.78, 5) is 27.7. The highest BCUT2D eigenvalue weighted by atomic mass is 32.1. The average molecular weight is 409 g/mol. The smallest absolute Gasteiger partial charge is 0.262 e. The van der Waals surface area contributed by atoms with Crippen molar-refractivity contribution in [3.8, 4) is 0 Å². The average Bonchev–Trinajstić information content (AvgIpc) is 3.23. The second-order valence-corrected chi connectivity index (χ2v) is 7.92. The molecule has 0 fully saturated rings. The first kappa shape index (κ1) is 19.2. The van der Waals surface area contributed by atoms with E-state index in [4.69, 9.17) is 0 Å². The van der Waals surface area contributed by atoms with Gasteiger partial charge >= 0.3 is 0 Å². The molecule has 0 spiro atoms. The third-order valence-electron chi connectivity index (χ3n) is 4.90. The maximum absolute atomic E-state index is 14.6. The van der Waals surface area contributed by atoms with Gasteiger partial charge in [-0.15, -0.1) is 11.3 Å². The number of carbonyl (C=O) groups excluding carboxylic acids is 1. The number of carbonyl (C=O) groups is 1. The molecule has 0 bridgehead atoms. The first-order chi connectivity index (χ1) is 13.9. The third kappa shape index (κ3) is 3.40. The lowest BCUT2D eigenvalue weighted by Gasteiger charge is -2.19. The van der Waals surface area contributed by atoms with Crippen LogP contribution in [0.3, 0.4) is 0 Å². The molecule has 1 unspecified atom stereocenters. The number of rotatable bonds is 4. The van der Waals surface area contributed by atoms with Crippen LogP contribution in [0.15, 0.2) is 36.7 Å². The number of aryl methyl sites for hydroxylation is 4. The molecule has 4 aromatic rings. The van der Waals surface area contributed by atoms with E-state index in [9.17, 15) is 9.18 Å². The van der Waals surface area contributed by atoms with Gasteiger partial charge < -0.3 is 9.88 Å². The molecule has 8 heteroatoms. The largest absolute Gasteiger partial charge is 0.337 e. The van der Waals surface area contributed by atoms with Gasteiger partial charge in [0.15, 0.2) is 0 Å². The fourth-order valence-corrected chi connectivity index (χ4v) is 4.71. The second kappa shape index (κ2) is 7.36. The highest BCUT2D eigenvalue weighted by Crippen LogP contribution is 2.32. The molecule has 4 rings (SSSR count). The predicted molar refractivity (Wildman–Crippen MR) is 111 cm³/mol. The molecule has 0 saturated heterocycles. The number of nitrogens with one attached hydrogen (secondary N) is 1. The molecule has 6 nitrogen and oxygen atoms in total. The van der Waals surface area contributed by atoms with Crippen LogP contribution in [0.25, 0.3) is 10.2 Å². The van der Waals surface area contributed by atoms with Crippen molar-refractivity contribution in [1.29, 1.82) is 0 Å². The Balaban J connectivity index is 1.77. The Kier molecular flexibility index (Phi) is 4.87. The van der Waals surface area contributed by atoms with Crippen molar-refractivity contribution < 1.29 is 9.18 Å². The van der Waals surface area contributed by atoms with Gasteiger partial charge in [-0.3, -0.25) is 4.79 Å². The number of hydrogen-bond acceptors (Lipinski definition) is 5. The molecule has 1 amide bonds. The molecule has 0 aliphatic rings. The van der Waals surface area contributed by atoms with E-state index in [0.717, 1.165) is 21.5 Å². The van der Waals surface area contributed by atoms with Crippen LogP contribution >= 0.6 is 11.3 Å². The predicted octanol–water partition coefficient (Wildman–Crippen LogP) is 4.01. The number of halogens is 1. The molecule has 1 aromatic carbocycles. The maximum atomic E-state index is 14.6. The van der Waals surface area contributed by atoms with Crippen molar-refractivity contribution in [1.82, 2.24) is 24.8 Å². The van der Waals surface area contributed by atoms with Crippen LogP contribution in [0.5, 0.6) is 0 Å². The Hall–Kier alpha value is -3.13. The van der Waals surface area contributed by atoms with Crippen molar-refractivity contribution in [3.05, 3.63) is 75.8 Å². The number of amides is 1. The van der Waals surface area contributed by atoms with E-state index in [1.54, 1.807) is 35.2 Å². The summed E-state index contributed by atoms with van der Waals surface area (Å²) in [5.74, 6) is 0.527. The molecule has 0 aliphatic heterocycles. The molecule has 29 heavy (non-hydrogen) atoms. The van der Waals surface area contributed by atoms with E-state index in [1.807, 2.05) is 27.8 Å². The van der Waals surface area contributed by atoms with E-state index in [0.29, 0.717) is 22.1 Å². The Bertz CT molecular complexity index is 1230. The molecular weight excluding hydrogens is 389 g/mol. The van der Waals surface area contributed by atoms with E-state index in [1.165, 1.54) is 17.4 Å². The van der Waals surface area contributed by atoms with Crippen molar-refractivity contribution in [2.24, 2.45) is 7.05 Å². The van der Waals surface area contributed by atoms with Crippen molar-refractivity contribution >= 4 is 27.5 Å². The number of nitrogens with zero attached hydrogens (tertiary/aromatic N) is 4. The summed E-state index contributed by atoms with van der Waals surface area (Å²) < 4.78 is 16.3. The molecular formula is C21H20FN5OS. The fraction of sp³-hybridized carbons (Fsp3) is 0.238. The van der Waals surface area contributed by atoms with Gasteiger partial charge in [-0.05, 0) is 32.4 Å². The standard InChI is InChI=1S/C21H20FN5OS/c1-11-16-12(2)24-13(3)25-21(16)29-18(11)20(28)26-17(19-23-9-10-27(19)4)14-7-5-6-8-15(14)22/h5-10,17H,1-4H3,(H,26,28). The quantitative estimate of drug-likeness (QED) is 0.553. The first-order valence-corrected chi connectivity index (χ1v) is 9.95. The van der Waals surface area contributed by atoms with Crippen LogP contribution in [0.2, 0.25) is 0 Å². The van der Waals surface area contributed by atoms with Gasteiger partial charge in [-0.1, -0.05) is 18.2 Å². The summed E-state index contributed by atoms with van der Waals surface area (Å²) in [6, 6.07) is 5.68. The molecule has 0 radical (unpaired) electrons. The van der Waals surface area contributed by atoms with Crippen LogP contribution in [0.4, 0.5) is 4.39 Å². The molecule has 3 aromatic heterocycles. The molecule has 3 heterocycles. The van der Waals surface area contributed by atoms with E-state index in [2.05, 4.69) is 20.3 Å². The number of benzene rings is 1. The highest BCUT2D eigenvalue weighted by Gasteiger charge is 2.26. The Labute approximate surface area is 171 Å². The zero-order valence-electron chi connectivity index (χ0n) is 16.5. The van der Waals surface area contributed by atoms with Gasteiger partial charge in [0.1, 0.15) is 28.3 Å². The SMILES string of the molecule is Cc1nc(C)c2c(C)c(C(=O)NC(c3ccccc3F)c3nccn3C)sc2n1. The summed E-state index contributed by atoms with van der Waals surface area (Å²) in [6.45, 7) is 5.63. The summed E-state index contributed by atoms with van der Waals surface area (Å²) in [5, 5.41) is 3.86. The topological polar surface area (TPSA) is 72.7 Å². The number of hydrogen-bond donors (Lipinski definition) is 1. The number of imidazole rings is 1. The Morgan fingerprint density at radius 3 is 2.66 bits per heavy atom. The van der Waals surface area contributed by atoms with Crippen LogP contribution in [0, 0.1) is 26.6 Å². The van der Waals surface area contributed by atoms with Crippen LogP contribution < -0.4 is 5.32 Å². The van der Waals surface area contributed by atoms with Crippen LogP contribution in [-0.4, -0.2) is 25.4 Å². The molecule has 1 N–H and O–H groups in total. The number of fused-ring (bicyclic) bond motifs is 1.